The zero-order valence-corrected chi connectivity index (χ0v) is 13.9. The molecule has 0 aliphatic heterocycles. The normalized spacial score (nSPS) is 10.5. The van der Waals surface area contributed by atoms with Crippen molar-refractivity contribution in [3.8, 4) is 0 Å². The van der Waals surface area contributed by atoms with E-state index in [1.54, 1.807) is 11.7 Å². The second kappa shape index (κ2) is 12.6. The van der Waals surface area contributed by atoms with Crippen LogP contribution in [0.3, 0.4) is 0 Å². The molecule has 0 saturated carbocycles. The summed E-state index contributed by atoms with van der Waals surface area (Å²) in [5.74, 6) is 0. The number of ether oxygens (including phenoxy) is 1. The molecule has 0 aliphatic rings. The van der Waals surface area contributed by atoms with Gasteiger partial charge in [-0.15, -0.1) is 11.3 Å². The van der Waals surface area contributed by atoms with Crippen molar-refractivity contribution in [2.75, 3.05) is 6.54 Å². The minimum absolute atomic E-state index is 0.314. The van der Waals surface area contributed by atoms with Gasteiger partial charge < -0.3 is 10.1 Å². The topological polar surface area (TPSA) is 51.2 Å². The summed E-state index contributed by atoms with van der Waals surface area (Å²) >= 11 is 1.49. The highest BCUT2D eigenvalue weighted by molar-refractivity contribution is 7.09. The summed E-state index contributed by atoms with van der Waals surface area (Å²) in [6.45, 7) is 3.26. The Kier molecular flexibility index (Phi) is 10.8. The predicted molar refractivity (Wildman–Crippen MR) is 87.5 cm³/mol. The Morgan fingerprint density at radius 1 is 1.14 bits per heavy atom. The summed E-state index contributed by atoms with van der Waals surface area (Å²) in [5, 5.41) is 2.79. The molecule has 0 atom stereocenters. The van der Waals surface area contributed by atoms with Crippen LogP contribution in [0, 0.1) is 0 Å². The highest BCUT2D eigenvalue weighted by atomic mass is 32.1. The van der Waals surface area contributed by atoms with Crippen LogP contribution in [-0.2, 0) is 11.3 Å². The fraction of sp³-hybridized carbons (Fsp3) is 0.750. The lowest BCUT2D eigenvalue weighted by molar-refractivity contribution is 0.140. The number of amides is 1. The molecule has 1 rings (SSSR count). The molecule has 5 heteroatoms. The highest BCUT2D eigenvalue weighted by Crippen LogP contribution is 2.09. The number of hydrogen-bond donors (Lipinski definition) is 1. The summed E-state index contributed by atoms with van der Waals surface area (Å²) in [7, 11) is 0. The van der Waals surface area contributed by atoms with Crippen molar-refractivity contribution in [3.63, 3.8) is 0 Å². The Hall–Kier alpha value is -1.10. The van der Waals surface area contributed by atoms with E-state index in [1.165, 1.54) is 62.7 Å². The largest absolute Gasteiger partial charge is 0.444 e. The average molecular weight is 312 g/mol. The molecule has 0 aromatic carbocycles. The molecule has 0 unspecified atom stereocenters. The molecule has 0 fully saturated rings. The highest BCUT2D eigenvalue weighted by Gasteiger charge is 2.02. The van der Waals surface area contributed by atoms with E-state index in [9.17, 15) is 4.79 Å². The first-order valence-corrected chi connectivity index (χ1v) is 8.99. The zero-order valence-electron chi connectivity index (χ0n) is 13.1. The zero-order chi connectivity index (χ0) is 15.2. The number of aromatic nitrogens is 1. The Bertz CT molecular complexity index is 355. The van der Waals surface area contributed by atoms with E-state index in [2.05, 4.69) is 17.2 Å². The number of carbonyl (C=O) groups is 1. The van der Waals surface area contributed by atoms with Crippen molar-refractivity contribution in [3.05, 3.63) is 16.6 Å². The van der Waals surface area contributed by atoms with Gasteiger partial charge in [-0.2, -0.15) is 0 Å². The number of thiazole rings is 1. The van der Waals surface area contributed by atoms with Crippen LogP contribution < -0.4 is 5.32 Å². The number of alkyl carbamates (subject to hydrolysis) is 1. The van der Waals surface area contributed by atoms with E-state index in [-0.39, 0.29) is 6.09 Å². The van der Waals surface area contributed by atoms with Gasteiger partial charge >= 0.3 is 6.09 Å². The fourth-order valence-electron chi connectivity index (χ4n) is 2.13. The van der Waals surface area contributed by atoms with Crippen molar-refractivity contribution < 1.29 is 9.53 Å². The van der Waals surface area contributed by atoms with Crippen LogP contribution in [-0.4, -0.2) is 17.6 Å². The third-order valence-corrected chi connectivity index (χ3v) is 4.13. The van der Waals surface area contributed by atoms with Gasteiger partial charge in [-0.1, -0.05) is 58.3 Å². The molecular formula is C16H28N2O2S. The van der Waals surface area contributed by atoms with Gasteiger partial charge in [0.05, 0.1) is 10.4 Å². The van der Waals surface area contributed by atoms with Crippen molar-refractivity contribution in [1.29, 1.82) is 0 Å². The first kappa shape index (κ1) is 18.0. The van der Waals surface area contributed by atoms with Gasteiger partial charge in [-0.05, 0) is 6.42 Å². The van der Waals surface area contributed by atoms with E-state index >= 15 is 0 Å². The Labute approximate surface area is 132 Å². The van der Waals surface area contributed by atoms with Crippen molar-refractivity contribution >= 4 is 17.4 Å². The third-order valence-electron chi connectivity index (χ3n) is 3.38. The second-order valence-electron chi connectivity index (χ2n) is 5.30. The standard InChI is InChI=1S/C16H28N2O2S/c1-2-3-4-5-6-7-8-9-10-11-18-16(19)20-13-15-12-17-14-21-15/h12,14H,2-11,13H2,1H3,(H,18,19). The number of nitrogens with one attached hydrogen (secondary N) is 1. The fourth-order valence-corrected chi connectivity index (χ4v) is 2.63. The van der Waals surface area contributed by atoms with Gasteiger partial charge in [-0.3, -0.25) is 4.98 Å². The molecule has 1 aromatic heterocycles. The van der Waals surface area contributed by atoms with E-state index in [1.807, 2.05) is 0 Å². The monoisotopic (exact) mass is 312 g/mol. The molecule has 0 bridgehead atoms. The Morgan fingerprint density at radius 2 is 1.81 bits per heavy atom. The number of nitrogens with zero attached hydrogens (tertiary/aromatic N) is 1. The molecule has 21 heavy (non-hydrogen) atoms. The second-order valence-corrected chi connectivity index (χ2v) is 6.27. The molecule has 0 spiro atoms. The number of hydrogen-bond acceptors (Lipinski definition) is 4. The summed E-state index contributed by atoms with van der Waals surface area (Å²) in [6.07, 6.45) is 13.0. The van der Waals surface area contributed by atoms with Crippen LogP contribution in [0.4, 0.5) is 4.79 Å². The number of unbranched alkanes of at least 4 members (excludes halogenated alkanes) is 8. The maximum Gasteiger partial charge on any atom is 0.407 e. The maximum absolute atomic E-state index is 11.4. The molecule has 120 valence electrons. The number of carbonyl (C=O) groups excluding carboxylic acids is 1. The quantitative estimate of drug-likeness (QED) is 0.558. The lowest BCUT2D eigenvalue weighted by atomic mass is 10.1. The van der Waals surface area contributed by atoms with Crippen molar-refractivity contribution in [1.82, 2.24) is 10.3 Å². The molecule has 1 N–H and O–H groups in total. The van der Waals surface area contributed by atoms with Crippen LogP contribution in [0.2, 0.25) is 0 Å². The Morgan fingerprint density at radius 3 is 2.43 bits per heavy atom. The van der Waals surface area contributed by atoms with Crippen LogP contribution in [0.1, 0.15) is 69.6 Å². The number of rotatable bonds is 12. The van der Waals surface area contributed by atoms with Gasteiger partial charge in [0.2, 0.25) is 0 Å². The molecule has 1 heterocycles. The molecular weight excluding hydrogens is 284 g/mol. The van der Waals surface area contributed by atoms with Crippen LogP contribution >= 0.6 is 11.3 Å². The molecule has 4 nitrogen and oxygen atoms in total. The molecule has 1 amide bonds. The summed E-state index contributed by atoms with van der Waals surface area (Å²) < 4.78 is 5.09. The Balaban J connectivity index is 1.82. The molecule has 1 aromatic rings. The minimum Gasteiger partial charge on any atom is -0.444 e. The van der Waals surface area contributed by atoms with Gasteiger partial charge in [0.15, 0.2) is 0 Å². The smallest absolute Gasteiger partial charge is 0.407 e. The van der Waals surface area contributed by atoms with Crippen LogP contribution in [0.25, 0.3) is 0 Å². The van der Waals surface area contributed by atoms with E-state index in [0.29, 0.717) is 13.2 Å². The van der Waals surface area contributed by atoms with Crippen LogP contribution in [0.5, 0.6) is 0 Å². The van der Waals surface area contributed by atoms with Gasteiger partial charge in [0.25, 0.3) is 0 Å². The van der Waals surface area contributed by atoms with Gasteiger partial charge in [-0.25, -0.2) is 4.79 Å². The first-order chi connectivity index (χ1) is 10.3. The molecule has 0 saturated heterocycles. The van der Waals surface area contributed by atoms with Gasteiger partial charge in [0.1, 0.15) is 6.61 Å². The van der Waals surface area contributed by atoms with E-state index < -0.39 is 0 Å². The average Bonchev–Trinajstić information content (AvgIpc) is 3.00. The van der Waals surface area contributed by atoms with E-state index in [4.69, 9.17) is 4.74 Å². The van der Waals surface area contributed by atoms with Crippen LogP contribution in [0.15, 0.2) is 11.7 Å². The predicted octanol–water partition coefficient (Wildman–Crippen LogP) is 4.90. The van der Waals surface area contributed by atoms with Crippen molar-refractivity contribution in [2.24, 2.45) is 0 Å². The molecule has 0 radical (unpaired) electrons. The summed E-state index contributed by atoms with van der Waals surface area (Å²) in [4.78, 5) is 16.3. The summed E-state index contributed by atoms with van der Waals surface area (Å²) in [5.41, 5.74) is 1.73. The summed E-state index contributed by atoms with van der Waals surface area (Å²) in [6, 6.07) is 0. The van der Waals surface area contributed by atoms with E-state index in [0.717, 1.165) is 11.3 Å². The third kappa shape index (κ3) is 10.3. The van der Waals surface area contributed by atoms with Gasteiger partial charge in [0, 0.05) is 12.7 Å². The maximum atomic E-state index is 11.4. The lowest BCUT2D eigenvalue weighted by Gasteiger charge is -2.06. The first-order valence-electron chi connectivity index (χ1n) is 8.11. The molecule has 0 aliphatic carbocycles. The lowest BCUT2D eigenvalue weighted by Crippen LogP contribution is -2.25. The van der Waals surface area contributed by atoms with Crippen molar-refractivity contribution in [2.45, 2.75) is 71.3 Å². The SMILES string of the molecule is CCCCCCCCCCCNC(=O)OCc1cncs1. The minimum atomic E-state index is -0.331.